The topological polar surface area (TPSA) is 30.5 Å². The third-order valence-electron chi connectivity index (χ3n) is 3.31. The van der Waals surface area contributed by atoms with Gasteiger partial charge in [0.2, 0.25) is 6.79 Å². The van der Waals surface area contributed by atoms with Crippen molar-refractivity contribution in [1.29, 1.82) is 0 Å². The SMILES string of the molecule is CCCCCCCCNc1cc2c(cc1Cl)OCO2. The molecular weight excluding hydrogens is 262 g/mol. The second kappa shape index (κ2) is 7.49. The average molecular weight is 284 g/mol. The van der Waals surface area contributed by atoms with Crippen LogP contribution in [0.5, 0.6) is 11.5 Å². The van der Waals surface area contributed by atoms with Crippen molar-refractivity contribution in [3.05, 3.63) is 17.2 Å². The molecule has 1 aromatic carbocycles. The number of hydrogen-bond acceptors (Lipinski definition) is 3. The van der Waals surface area contributed by atoms with Crippen molar-refractivity contribution in [2.45, 2.75) is 45.4 Å². The fourth-order valence-corrected chi connectivity index (χ4v) is 2.40. The molecule has 0 spiro atoms. The van der Waals surface area contributed by atoms with Crippen LogP contribution in [-0.2, 0) is 0 Å². The lowest BCUT2D eigenvalue weighted by Gasteiger charge is -2.09. The molecule has 2 rings (SSSR count). The number of nitrogens with one attached hydrogen (secondary N) is 1. The first-order chi connectivity index (χ1) is 9.31. The summed E-state index contributed by atoms with van der Waals surface area (Å²) in [6, 6.07) is 3.73. The van der Waals surface area contributed by atoms with Gasteiger partial charge >= 0.3 is 0 Å². The largest absolute Gasteiger partial charge is 0.454 e. The molecule has 1 aliphatic heterocycles. The first-order valence-electron chi connectivity index (χ1n) is 7.14. The Morgan fingerprint density at radius 2 is 1.74 bits per heavy atom. The number of unbranched alkanes of at least 4 members (excludes halogenated alkanes) is 5. The molecule has 1 heterocycles. The van der Waals surface area contributed by atoms with Gasteiger partial charge in [0.1, 0.15) is 0 Å². The van der Waals surface area contributed by atoms with Crippen LogP contribution in [0.2, 0.25) is 5.02 Å². The van der Waals surface area contributed by atoms with Gasteiger partial charge in [-0.1, -0.05) is 50.6 Å². The average Bonchev–Trinajstić information content (AvgIpc) is 2.84. The summed E-state index contributed by atoms with van der Waals surface area (Å²) in [4.78, 5) is 0. The van der Waals surface area contributed by atoms with E-state index in [1.165, 1.54) is 38.5 Å². The van der Waals surface area contributed by atoms with Gasteiger partial charge in [-0.3, -0.25) is 0 Å². The van der Waals surface area contributed by atoms with E-state index < -0.39 is 0 Å². The van der Waals surface area contributed by atoms with E-state index in [1.807, 2.05) is 12.1 Å². The third kappa shape index (κ3) is 4.20. The Labute approximate surface area is 120 Å². The molecule has 0 radical (unpaired) electrons. The summed E-state index contributed by atoms with van der Waals surface area (Å²) < 4.78 is 10.6. The highest BCUT2D eigenvalue weighted by molar-refractivity contribution is 6.33. The zero-order valence-electron chi connectivity index (χ0n) is 11.5. The summed E-state index contributed by atoms with van der Waals surface area (Å²) in [7, 11) is 0. The number of fused-ring (bicyclic) bond motifs is 1. The van der Waals surface area contributed by atoms with Gasteiger partial charge in [0.05, 0.1) is 10.7 Å². The van der Waals surface area contributed by atoms with Crippen LogP contribution >= 0.6 is 11.6 Å². The first-order valence-corrected chi connectivity index (χ1v) is 7.52. The number of halogens is 1. The summed E-state index contributed by atoms with van der Waals surface area (Å²) in [5.41, 5.74) is 0.930. The fourth-order valence-electron chi connectivity index (χ4n) is 2.18. The van der Waals surface area contributed by atoms with E-state index in [9.17, 15) is 0 Å². The predicted octanol–water partition coefficient (Wildman–Crippen LogP) is 4.84. The van der Waals surface area contributed by atoms with Gasteiger partial charge < -0.3 is 14.8 Å². The molecule has 0 unspecified atom stereocenters. The summed E-state index contributed by atoms with van der Waals surface area (Å²) in [6.07, 6.45) is 7.77. The molecule has 1 aromatic rings. The Balaban J connectivity index is 1.71. The maximum atomic E-state index is 6.19. The third-order valence-corrected chi connectivity index (χ3v) is 3.62. The predicted molar refractivity (Wildman–Crippen MR) is 79.4 cm³/mol. The lowest BCUT2D eigenvalue weighted by atomic mass is 10.1. The Hall–Kier alpha value is -1.09. The first kappa shape index (κ1) is 14.3. The normalized spacial score (nSPS) is 12.7. The van der Waals surface area contributed by atoms with Crippen LogP contribution in [0.15, 0.2) is 12.1 Å². The highest BCUT2D eigenvalue weighted by atomic mass is 35.5. The van der Waals surface area contributed by atoms with E-state index in [4.69, 9.17) is 21.1 Å². The fraction of sp³-hybridized carbons (Fsp3) is 0.600. The summed E-state index contributed by atoms with van der Waals surface area (Å²) >= 11 is 6.19. The molecule has 0 aromatic heterocycles. The van der Waals surface area contributed by atoms with Crippen molar-refractivity contribution in [1.82, 2.24) is 0 Å². The molecule has 0 bridgehead atoms. The van der Waals surface area contributed by atoms with Crippen LogP contribution in [0.25, 0.3) is 0 Å². The molecule has 0 saturated heterocycles. The van der Waals surface area contributed by atoms with Gasteiger partial charge in [0.25, 0.3) is 0 Å². The Bertz CT molecular complexity index is 409. The summed E-state index contributed by atoms with van der Waals surface area (Å²) in [5.74, 6) is 1.50. The molecule has 4 heteroatoms. The smallest absolute Gasteiger partial charge is 0.231 e. The summed E-state index contributed by atoms with van der Waals surface area (Å²) in [5, 5.41) is 4.06. The molecule has 0 amide bonds. The molecule has 1 aliphatic rings. The number of rotatable bonds is 8. The molecule has 0 saturated carbocycles. The van der Waals surface area contributed by atoms with Crippen molar-refractivity contribution >= 4 is 17.3 Å². The van der Waals surface area contributed by atoms with Crippen LogP contribution in [0, 0.1) is 0 Å². The van der Waals surface area contributed by atoms with Crippen molar-refractivity contribution in [3.63, 3.8) is 0 Å². The van der Waals surface area contributed by atoms with Crippen molar-refractivity contribution in [2.24, 2.45) is 0 Å². The molecule has 1 N–H and O–H groups in total. The van der Waals surface area contributed by atoms with Gasteiger partial charge in [0, 0.05) is 18.7 Å². The molecule has 3 nitrogen and oxygen atoms in total. The monoisotopic (exact) mass is 283 g/mol. The van der Waals surface area contributed by atoms with Crippen molar-refractivity contribution in [3.8, 4) is 11.5 Å². The van der Waals surface area contributed by atoms with Gasteiger partial charge in [-0.25, -0.2) is 0 Å². The van der Waals surface area contributed by atoms with Crippen LogP contribution in [0.1, 0.15) is 45.4 Å². The standard InChI is InChI=1S/C15H22ClNO2/c1-2-3-4-5-6-7-8-17-13-10-15-14(9-12(13)16)18-11-19-15/h9-10,17H,2-8,11H2,1H3. The van der Waals surface area contributed by atoms with Crippen LogP contribution < -0.4 is 14.8 Å². The zero-order valence-corrected chi connectivity index (χ0v) is 12.3. The minimum Gasteiger partial charge on any atom is -0.454 e. The van der Waals surface area contributed by atoms with Crippen LogP contribution in [0.4, 0.5) is 5.69 Å². The zero-order chi connectivity index (χ0) is 13.5. The Morgan fingerprint density at radius 3 is 2.53 bits per heavy atom. The maximum absolute atomic E-state index is 6.19. The van der Waals surface area contributed by atoms with E-state index in [1.54, 1.807) is 0 Å². The van der Waals surface area contributed by atoms with Crippen molar-refractivity contribution in [2.75, 3.05) is 18.7 Å². The molecule has 106 valence electrons. The number of benzene rings is 1. The lowest BCUT2D eigenvalue weighted by molar-refractivity contribution is 0.174. The molecule has 0 atom stereocenters. The number of ether oxygens (including phenoxy) is 2. The van der Waals surface area contributed by atoms with E-state index >= 15 is 0 Å². The van der Waals surface area contributed by atoms with Crippen LogP contribution in [-0.4, -0.2) is 13.3 Å². The second-order valence-electron chi connectivity index (χ2n) is 4.88. The van der Waals surface area contributed by atoms with E-state index in [2.05, 4.69) is 12.2 Å². The van der Waals surface area contributed by atoms with E-state index in [-0.39, 0.29) is 6.79 Å². The van der Waals surface area contributed by atoms with E-state index in [0.717, 1.165) is 23.7 Å². The molecule has 19 heavy (non-hydrogen) atoms. The minimum absolute atomic E-state index is 0.284. The minimum atomic E-state index is 0.284. The number of hydrogen-bond donors (Lipinski definition) is 1. The maximum Gasteiger partial charge on any atom is 0.231 e. The number of anilines is 1. The van der Waals surface area contributed by atoms with Gasteiger partial charge in [-0.2, -0.15) is 0 Å². The molecule has 0 fully saturated rings. The highest BCUT2D eigenvalue weighted by Crippen LogP contribution is 2.39. The van der Waals surface area contributed by atoms with Crippen LogP contribution in [0.3, 0.4) is 0 Å². The van der Waals surface area contributed by atoms with Gasteiger partial charge in [-0.05, 0) is 6.42 Å². The van der Waals surface area contributed by atoms with Gasteiger partial charge in [0.15, 0.2) is 11.5 Å². The molecular formula is C15H22ClNO2. The van der Waals surface area contributed by atoms with Crippen molar-refractivity contribution < 1.29 is 9.47 Å². The summed E-state index contributed by atoms with van der Waals surface area (Å²) in [6.45, 7) is 3.47. The lowest BCUT2D eigenvalue weighted by Crippen LogP contribution is -2.02. The highest BCUT2D eigenvalue weighted by Gasteiger charge is 2.16. The Kier molecular flexibility index (Phi) is 5.64. The second-order valence-corrected chi connectivity index (χ2v) is 5.29. The van der Waals surface area contributed by atoms with E-state index in [0.29, 0.717) is 5.02 Å². The van der Waals surface area contributed by atoms with Gasteiger partial charge in [-0.15, -0.1) is 0 Å². The molecule has 0 aliphatic carbocycles. The Morgan fingerprint density at radius 1 is 1.05 bits per heavy atom. The quantitative estimate of drug-likeness (QED) is 0.693.